The molecule has 3 N–H and O–H groups in total. The van der Waals surface area contributed by atoms with Gasteiger partial charge in [-0.15, -0.1) is 0 Å². The molecule has 0 aliphatic heterocycles. The zero-order chi connectivity index (χ0) is 21.5. The molecule has 0 heterocycles. The molecule has 0 spiro atoms. The molecule has 4 aliphatic rings. The molecular weight excluding hydrogens is 403 g/mol. The van der Waals surface area contributed by atoms with Gasteiger partial charge in [0.1, 0.15) is 0 Å². The molecule has 0 saturated heterocycles. The van der Waals surface area contributed by atoms with Gasteiger partial charge in [-0.2, -0.15) is 0 Å². The van der Waals surface area contributed by atoms with Crippen LogP contribution < -0.4 is 0 Å². The number of hydrogen-bond acceptors (Lipinski definition) is 5. The first-order valence-corrected chi connectivity index (χ1v) is 13.7. The van der Waals surface area contributed by atoms with E-state index in [-0.39, 0.29) is 26.0 Å². The molecule has 4 rings (SSSR count). The number of aliphatic hydroxyl groups excluding tert-OH is 1. The van der Waals surface area contributed by atoms with E-state index in [1.54, 1.807) is 0 Å². The monoisotopic (exact) mass is 438 g/mol. The van der Waals surface area contributed by atoms with Crippen molar-refractivity contribution in [1.29, 1.82) is 0 Å². The van der Waals surface area contributed by atoms with Crippen molar-refractivity contribution in [2.24, 2.45) is 34.5 Å². The van der Waals surface area contributed by atoms with Crippen LogP contribution in [0.2, 0.25) is 2.66 Å². The van der Waals surface area contributed by atoms with Gasteiger partial charge < -0.3 is 0 Å². The predicted molar refractivity (Wildman–Crippen MR) is 109 cm³/mol. The van der Waals surface area contributed by atoms with Crippen LogP contribution in [-0.4, -0.2) is 63.0 Å². The molecule has 29 heavy (non-hydrogen) atoms. The van der Waals surface area contributed by atoms with E-state index in [0.717, 1.165) is 66.5 Å². The second-order valence-corrected chi connectivity index (χ2v) is 14.4. The van der Waals surface area contributed by atoms with Crippen LogP contribution in [0.15, 0.2) is 0 Å². The van der Waals surface area contributed by atoms with Gasteiger partial charge in [-0.05, 0) is 0 Å². The molecule has 162 valence electrons. The Morgan fingerprint density at radius 2 is 1.72 bits per heavy atom. The van der Waals surface area contributed by atoms with Crippen molar-refractivity contribution in [3.63, 3.8) is 0 Å². The van der Waals surface area contributed by atoms with Crippen LogP contribution in [0.5, 0.6) is 0 Å². The van der Waals surface area contributed by atoms with Crippen molar-refractivity contribution in [2.75, 3.05) is 0 Å². The second kappa shape index (κ2) is 7.14. The normalized spacial score (nSPS) is 53.7. The maximum absolute atomic E-state index is 11.3. The summed E-state index contributed by atoms with van der Waals surface area (Å²) in [4.78, 5) is 0. The summed E-state index contributed by atoms with van der Waals surface area (Å²) in [6.07, 6.45) is 7.73. The molecule has 0 bridgehead atoms. The molecule has 1 unspecified atom stereocenters. The number of rotatable bonds is 3. The topological polar surface area (TPSA) is 104 Å². The average molecular weight is 439 g/mol. The van der Waals surface area contributed by atoms with Crippen molar-refractivity contribution >= 4 is 38.3 Å². The zero-order valence-electron chi connectivity index (χ0n) is 18.2. The Kier molecular flexibility index (Phi) is 5.66. The SMILES string of the molecule is C[C@H](O)[C@H]1CC[C@H]2[C@@H]3CC[C]4([Na])C[C@](O)(OS(=O)(=O)O)CC[C@]4(C)[C@H]3CC[C@]12C. The molecule has 0 amide bonds. The van der Waals surface area contributed by atoms with E-state index in [1.165, 1.54) is 6.42 Å². The van der Waals surface area contributed by atoms with Crippen LogP contribution in [0.3, 0.4) is 0 Å². The summed E-state index contributed by atoms with van der Waals surface area (Å²) in [6.45, 7) is 6.72. The number of hydrogen-bond donors (Lipinski definition) is 3. The summed E-state index contributed by atoms with van der Waals surface area (Å²) in [5, 5.41) is 21.2. The van der Waals surface area contributed by atoms with E-state index in [4.69, 9.17) is 8.74 Å². The van der Waals surface area contributed by atoms with Gasteiger partial charge in [-0.3, -0.25) is 0 Å². The number of fused-ring (bicyclic) bond motifs is 5. The van der Waals surface area contributed by atoms with Crippen LogP contribution in [0, 0.1) is 34.5 Å². The molecule has 4 saturated carbocycles. The Balaban J connectivity index is 1.60. The maximum atomic E-state index is 11.3. The van der Waals surface area contributed by atoms with Crippen molar-refractivity contribution < 1.29 is 27.4 Å². The first-order chi connectivity index (χ1) is 13.2. The zero-order valence-corrected chi connectivity index (χ0v) is 21.0. The molecular formula is C21H35NaO6S. The van der Waals surface area contributed by atoms with Gasteiger partial charge >= 0.3 is 193 Å². The Morgan fingerprint density at radius 3 is 2.34 bits per heavy atom. The first kappa shape index (κ1) is 23.0. The summed E-state index contributed by atoms with van der Waals surface area (Å²) in [5.41, 5.74) is 0.293. The third-order valence-electron chi connectivity index (χ3n) is 10.3. The van der Waals surface area contributed by atoms with Gasteiger partial charge in [0.05, 0.1) is 0 Å². The van der Waals surface area contributed by atoms with Gasteiger partial charge in [0.15, 0.2) is 0 Å². The van der Waals surface area contributed by atoms with Gasteiger partial charge in [0.2, 0.25) is 0 Å². The summed E-state index contributed by atoms with van der Waals surface area (Å²) in [6, 6.07) is 0. The van der Waals surface area contributed by atoms with Crippen molar-refractivity contribution in [3.05, 3.63) is 0 Å². The van der Waals surface area contributed by atoms with Gasteiger partial charge in [0.25, 0.3) is 0 Å². The number of aliphatic hydroxyl groups is 2. The molecule has 0 radical (unpaired) electrons. The fourth-order valence-electron chi connectivity index (χ4n) is 8.73. The van der Waals surface area contributed by atoms with Crippen LogP contribution in [0.4, 0.5) is 0 Å². The summed E-state index contributed by atoms with van der Waals surface area (Å²) >= 11 is 0.857. The van der Waals surface area contributed by atoms with E-state index in [2.05, 4.69) is 13.8 Å². The molecule has 4 fully saturated rings. The summed E-state index contributed by atoms with van der Waals surface area (Å²) < 4.78 is 36.4. The molecule has 9 atom stereocenters. The van der Waals surface area contributed by atoms with E-state index < -0.39 is 16.2 Å². The second-order valence-electron chi connectivity index (χ2n) is 11.5. The predicted octanol–water partition coefficient (Wildman–Crippen LogP) is 3.25. The molecule has 8 heteroatoms. The standard InChI is InChI=1S/C21H35O6S.Na/c1-13(22)16-6-7-17-15-5-4-14-12-21(23,27-28(24,25)26)11-10-19(14,2)18(15)8-9-20(16,17)3;/h13,15-18,22-23H,4-12H2,1-3H3,(H,24,25,26);/t13-,15-,16+,17-,18-,19-,20+,21+;/m0./s1. The van der Waals surface area contributed by atoms with E-state index >= 15 is 0 Å². The van der Waals surface area contributed by atoms with Gasteiger partial charge in [0, 0.05) is 0 Å². The van der Waals surface area contributed by atoms with Gasteiger partial charge in [-0.1, -0.05) is 0 Å². The fourth-order valence-corrected chi connectivity index (χ4v) is 10.7. The summed E-state index contributed by atoms with van der Waals surface area (Å²) in [5.74, 6) is 0.491. The van der Waals surface area contributed by atoms with Crippen LogP contribution in [0.1, 0.15) is 78.6 Å². The van der Waals surface area contributed by atoms with Crippen LogP contribution >= 0.6 is 0 Å². The minimum absolute atomic E-state index is 0.0706. The molecule has 0 aromatic heterocycles. The molecule has 6 nitrogen and oxygen atoms in total. The average Bonchev–Trinajstić information content (AvgIpc) is 2.92. The Bertz CT molecular complexity index is 773. The van der Waals surface area contributed by atoms with Crippen molar-refractivity contribution in [2.45, 2.75) is 93.1 Å². The van der Waals surface area contributed by atoms with Gasteiger partial charge in [-0.25, -0.2) is 0 Å². The molecule has 0 aromatic rings. The quantitative estimate of drug-likeness (QED) is 0.355. The van der Waals surface area contributed by atoms with E-state index in [1.807, 2.05) is 6.92 Å². The van der Waals surface area contributed by atoms with Crippen molar-refractivity contribution in [1.82, 2.24) is 0 Å². The fraction of sp³-hybridized carbons (Fsp3) is 1.00. The third kappa shape index (κ3) is 3.60. The third-order valence-corrected chi connectivity index (χ3v) is 12.8. The first-order valence-electron chi connectivity index (χ1n) is 11.3. The van der Waals surface area contributed by atoms with Crippen LogP contribution in [-0.2, 0) is 14.6 Å². The molecule has 4 aliphatic carbocycles. The van der Waals surface area contributed by atoms with E-state index in [9.17, 15) is 18.6 Å². The Hall–Kier alpha value is 0.790. The summed E-state index contributed by atoms with van der Waals surface area (Å²) in [7, 11) is -4.68. The Labute approximate surface area is 192 Å². The van der Waals surface area contributed by atoms with E-state index in [0.29, 0.717) is 30.1 Å². The minimum atomic E-state index is -4.68. The molecule has 0 aromatic carbocycles. The van der Waals surface area contributed by atoms with Crippen molar-refractivity contribution in [3.8, 4) is 0 Å². The Morgan fingerprint density at radius 1 is 1.03 bits per heavy atom. The van der Waals surface area contributed by atoms with Crippen LogP contribution in [0.25, 0.3) is 0 Å².